The molecule has 2 aromatic carbocycles. The number of anilines is 1. The van der Waals surface area contributed by atoms with Crippen molar-refractivity contribution in [3.8, 4) is 6.07 Å². The molecule has 7 nitrogen and oxygen atoms in total. The Kier molecular flexibility index (Phi) is 5.94. The highest BCUT2D eigenvalue weighted by Crippen LogP contribution is 2.41. The Labute approximate surface area is 181 Å². The van der Waals surface area contributed by atoms with Gasteiger partial charge in [-0.15, -0.1) is 0 Å². The van der Waals surface area contributed by atoms with Crippen molar-refractivity contribution in [3.63, 3.8) is 0 Å². The number of carbonyl (C=O) groups is 3. The van der Waals surface area contributed by atoms with Gasteiger partial charge in [0.2, 0.25) is 0 Å². The van der Waals surface area contributed by atoms with Gasteiger partial charge in [-0.2, -0.15) is 18.4 Å². The van der Waals surface area contributed by atoms with Crippen LogP contribution in [0.2, 0.25) is 0 Å². The van der Waals surface area contributed by atoms with Crippen LogP contribution in [0.1, 0.15) is 30.0 Å². The van der Waals surface area contributed by atoms with E-state index in [0.717, 1.165) is 17.0 Å². The maximum Gasteiger partial charge on any atom is 0.417 e. The summed E-state index contributed by atoms with van der Waals surface area (Å²) in [5.41, 5.74) is -3.36. The zero-order valence-electron chi connectivity index (χ0n) is 17.1. The molecule has 0 saturated carbocycles. The van der Waals surface area contributed by atoms with Gasteiger partial charge in [-0.1, -0.05) is 30.3 Å². The molecule has 0 spiro atoms. The molecule has 166 valence electrons. The molecule has 1 heterocycles. The van der Waals surface area contributed by atoms with E-state index in [1.54, 1.807) is 30.3 Å². The first-order valence-corrected chi connectivity index (χ1v) is 9.45. The fraction of sp³-hybridized carbons (Fsp3) is 0.273. The fourth-order valence-electron chi connectivity index (χ4n) is 3.63. The molecule has 32 heavy (non-hydrogen) atoms. The molecule has 1 saturated heterocycles. The second kappa shape index (κ2) is 8.34. The summed E-state index contributed by atoms with van der Waals surface area (Å²) in [6, 6.07) is 11.4. The third-order valence-corrected chi connectivity index (χ3v) is 5.37. The highest BCUT2D eigenvalue weighted by molar-refractivity contribution is 6.23. The molecule has 1 aliphatic heterocycles. The lowest BCUT2D eigenvalue weighted by atomic mass is 9.90. The molecule has 0 aliphatic carbocycles. The van der Waals surface area contributed by atoms with Crippen molar-refractivity contribution in [1.82, 2.24) is 4.90 Å². The van der Waals surface area contributed by atoms with Gasteiger partial charge in [-0.25, -0.2) is 9.69 Å². The zero-order valence-corrected chi connectivity index (χ0v) is 17.1. The smallest absolute Gasteiger partial charge is 0.417 e. The van der Waals surface area contributed by atoms with Crippen LogP contribution < -0.4 is 4.90 Å². The average molecular weight is 445 g/mol. The number of imide groups is 1. The molecular weight excluding hydrogens is 427 g/mol. The summed E-state index contributed by atoms with van der Waals surface area (Å²) in [5.74, 6) is -1.40. The minimum absolute atomic E-state index is 0.193. The third-order valence-electron chi connectivity index (χ3n) is 5.37. The fourth-order valence-corrected chi connectivity index (χ4v) is 3.63. The maximum absolute atomic E-state index is 13.5. The summed E-state index contributed by atoms with van der Waals surface area (Å²) in [4.78, 5) is 40.2. The molecule has 1 unspecified atom stereocenters. The first-order chi connectivity index (χ1) is 15.1. The minimum Gasteiger partial charge on any atom is -0.469 e. The second-order valence-corrected chi connectivity index (χ2v) is 7.18. The summed E-state index contributed by atoms with van der Waals surface area (Å²) >= 11 is 0. The molecule has 2 aromatic rings. The van der Waals surface area contributed by atoms with Gasteiger partial charge < -0.3 is 9.64 Å². The standard InChI is InChI=1S/C22H18F3N3O4/c1-21(15-6-4-3-5-7-15)19(30)28(20(31)27(21)11-10-18(29)32-2)16-9-8-14(13-26)17(12-16)22(23,24)25/h3-9,12H,10-11H2,1-2H3. The number of alkyl halides is 3. The highest BCUT2D eigenvalue weighted by atomic mass is 19.4. The number of urea groups is 1. The number of carbonyl (C=O) groups excluding carboxylic acids is 3. The van der Waals surface area contributed by atoms with Crippen molar-refractivity contribution in [2.24, 2.45) is 0 Å². The summed E-state index contributed by atoms with van der Waals surface area (Å²) in [7, 11) is 1.18. The van der Waals surface area contributed by atoms with Crippen LogP contribution in [0.3, 0.4) is 0 Å². The summed E-state index contributed by atoms with van der Waals surface area (Å²) in [6.07, 6.45) is -5.08. The number of hydrogen-bond donors (Lipinski definition) is 0. The molecule has 0 aromatic heterocycles. The Hall–Kier alpha value is -3.87. The van der Waals surface area contributed by atoms with Gasteiger partial charge in [0.15, 0.2) is 0 Å². The summed E-state index contributed by atoms with van der Waals surface area (Å²) in [6.45, 7) is 1.27. The Morgan fingerprint density at radius 2 is 1.81 bits per heavy atom. The van der Waals surface area contributed by atoms with Crippen LogP contribution in [-0.4, -0.2) is 36.5 Å². The number of ether oxygens (including phenoxy) is 1. The molecule has 0 N–H and O–H groups in total. The van der Waals surface area contributed by atoms with Crippen molar-refractivity contribution in [1.29, 1.82) is 5.26 Å². The van der Waals surface area contributed by atoms with Gasteiger partial charge in [0, 0.05) is 6.54 Å². The normalized spacial score (nSPS) is 18.6. The van der Waals surface area contributed by atoms with Crippen molar-refractivity contribution >= 4 is 23.6 Å². The Bertz CT molecular complexity index is 1110. The predicted octanol–water partition coefficient (Wildman–Crippen LogP) is 3.82. The average Bonchev–Trinajstić information content (AvgIpc) is 2.97. The molecule has 1 atom stereocenters. The van der Waals surface area contributed by atoms with E-state index in [1.807, 2.05) is 0 Å². The molecule has 3 rings (SSSR count). The van der Waals surface area contributed by atoms with Gasteiger partial charge in [0.25, 0.3) is 5.91 Å². The van der Waals surface area contributed by atoms with Crippen LogP contribution in [0.15, 0.2) is 48.5 Å². The minimum atomic E-state index is -4.86. The van der Waals surface area contributed by atoms with E-state index < -0.39 is 40.7 Å². The number of esters is 1. The number of nitriles is 1. The largest absolute Gasteiger partial charge is 0.469 e. The van der Waals surface area contributed by atoms with Gasteiger partial charge in [0.05, 0.1) is 36.4 Å². The van der Waals surface area contributed by atoms with E-state index in [9.17, 15) is 27.6 Å². The molecule has 1 aliphatic rings. The molecule has 10 heteroatoms. The van der Waals surface area contributed by atoms with E-state index in [1.165, 1.54) is 20.1 Å². The predicted molar refractivity (Wildman–Crippen MR) is 106 cm³/mol. The Morgan fingerprint density at radius 3 is 2.38 bits per heavy atom. The quantitative estimate of drug-likeness (QED) is 0.516. The summed E-state index contributed by atoms with van der Waals surface area (Å²) in [5, 5.41) is 9.01. The lowest BCUT2D eigenvalue weighted by Crippen LogP contribution is -2.45. The molecule has 1 fully saturated rings. The number of benzene rings is 2. The highest BCUT2D eigenvalue weighted by Gasteiger charge is 2.56. The van der Waals surface area contributed by atoms with E-state index in [2.05, 4.69) is 4.74 Å². The number of hydrogen-bond acceptors (Lipinski definition) is 5. The van der Waals surface area contributed by atoms with Crippen molar-refractivity contribution in [2.75, 3.05) is 18.6 Å². The molecule has 0 bridgehead atoms. The first-order valence-electron chi connectivity index (χ1n) is 9.45. The lowest BCUT2D eigenvalue weighted by molar-refractivity contribution is -0.141. The van der Waals surface area contributed by atoms with E-state index in [0.29, 0.717) is 16.5 Å². The molecule has 3 amide bonds. The van der Waals surface area contributed by atoms with E-state index >= 15 is 0 Å². The van der Waals surface area contributed by atoms with E-state index in [4.69, 9.17) is 5.26 Å². The summed E-state index contributed by atoms with van der Waals surface area (Å²) < 4.78 is 44.9. The van der Waals surface area contributed by atoms with Crippen LogP contribution in [0.4, 0.5) is 23.7 Å². The van der Waals surface area contributed by atoms with E-state index in [-0.39, 0.29) is 18.7 Å². The van der Waals surface area contributed by atoms with Gasteiger partial charge >= 0.3 is 18.2 Å². The number of rotatable bonds is 5. The monoisotopic (exact) mass is 445 g/mol. The SMILES string of the molecule is COC(=O)CCN1C(=O)N(c2ccc(C#N)c(C(F)(F)F)c2)C(=O)C1(C)c1ccccc1. The second-order valence-electron chi connectivity index (χ2n) is 7.18. The number of methoxy groups -OCH3 is 1. The number of halogens is 3. The topological polar surface area (TPSA) is 90.7 Å². The van der Waals surface area contributed by atoms with Crippen molar-refractivity contribution < 1.29 is 32.3 Å². The number of amides is 3. The number of nitrogens with zero attached hydrogens (tertiary/aromatic N) is 3. The van der Waals surface area contributed by atoms with Crippen molar-refractivity contribution in [2.45, 2.75) is 25.1 Å². The van der Waals surface area contributed by atoms with Crippen LogP contribution in [-0.2, 0) is 26.0 Å². The lowest BCUT2D eigenvalue weighted by Gasteiger charge is -2.31. The zero-order chi connectivity index (χ0) is 23.7. The van der Waals surface area contributed by atoms with Gasteiger partial charge in [0.1, 0.15) is 5.54 Å². The van der Waals surface area contributed by atoms with Crippen LogP contribution in [0, 0.1) is 11.3 Å². The Morgan fingerprint density at radius 1 is 1.16 bits per heavy atom. The maximum atomic E-state index is 13.5. The van der Waals surface area contributed by atoms with Crippen LogP contribution in [0.5, 0.6) is 0 Å². The van der Waals surface area contributed by atoms with Gasteiger partial charge in [-0.3, -0.25) is 9.59 Å². The third kappa shape index (κ3) is 3.77. The first kappa shape index (κ1) is 22.8. The molecule has 0 radical (unpaired) electrons. The van der Waals surface area contributed by atoms with Crippen molar-refractivity contribution in [3.05, 3.63) is 65.2 Å². The van der Waals surface area contributed by atoms with Gasteiger partial charge in [-0.05, 0) is 30.7 Å². The molecular formula is C22H18F3N3O4. The van der Waals surface area contributed by atoms with Crippen LogP contribution >= 0.6 is 0 Å². The Balaban J connectivity index is 2.13. The van der Waals surface area contributed by atoms with Crippen LogP contribution in [0.25, 0.3) is 0 Å².